The number of thioether (sulfide) groups is 2. The monoisotopic (exact) mass is 322 g/mol. The average Bonchev–Trinajstić information content (AvgIpc) is 2.41. The number of hydrogen-bond acceptors (Lipinski definition) is 3. The molecule has 0 radical (unpaired) electrons. The van der Waals surface area contributed by atoms with E-state index in [-0.39, 0.29) is 5.25 Å². The van der Waals surface area contributed by atoms with E-state index in [1.54, 1.807) is 12.1 Å². The van der Waals surface area contributed by atoms with Crippen molar-refractivity contribution in [2.75, 3.05) is 11.5 Å². The summed E-state index contributed by atoms with van der Waals surface area (Å²) in [5.41, 5.74) is 0.864. The van der Waals surface area contributed by atoms with Gasteiger partial charge >= 0.3 is 0 Å². The molecular weight excluding hydrogens is 307 g/mol. The molecule has 0 bridgehead atoms. The van der Waals surface area contributed by atoms with Crippen LogP contribution >= 0.6 is 46.7 Å². The third-order valence-electron chi connectivity index (χ3n) is 3.09. The van der Waals surface area contributed by atoms with Gasteiger partial charge in [-0.05, 0) is 24.1 Å². The molecule has 0 aliphatic carbocycles. The number of hydrogen-bond donors (Lipinski definition) is 1. The van der Waals surface area contributed by atoms with Gasteiger partial charge in [0.25, 0.3) is 0 Å². The molecule has 1 aromatic rings. The van der Waals surface area contributed by atoms with Crippen molar-refractivity contribution in [3.05, 3.63) is 33.8 Å². The van der Waals surface area contributed by atoms with E-state index in [2.05, 4.69) is 6.92 Å². The van der Waals surface area contributed by atoms with Crippen molar-refractivity contribution >= 4 is 46.7 Å². The smallest absolute Gasteiger partial charge is 0.0919 e. The van der Waals surface area contributed by atoms with Crippen LogP contribution in [0.1, 0.15) is 25.0 Å². The van der Waals surface area contributed by atoms with E-state index in [9.17, 15) is 5.11 Å². The molecule has 1 heterocycles. The first kappa shape index (κ1) is 14.9. The van der Waals surface area contributed by atoms with Gasteiger partial charge < -0.3 is 5.11 Å². The first-order valence-corrected chi connectivity index (χ1v) is 8.85. The van der Waals surface area contributed by atoms with Crippen LogP contribution in [0.3, 0.4) is 0 Å². The van der Waals surface area contributed by atoms with Crippen molar-refractivity contribution in [1.29, 1.82) is 0 Å². The Bertz CT molecular complexity index is 414. The molecule has 100 valence electrons. The minimum atomic E-state index is -0.470. The molecule has 0 spiro atoms. The number of halogens is 2. The van der Waals surface area contributed by atoms with Crippen LogP contribution in [0, 0.1) is 0 Å². The Hall–Kier alpha value is 0.460. The van der Waals surface area contributed by atoms with E-state index < -0.39 is 6.10 Å². The van der Waals surface area contributed by atoms with Gasteiger partial charge in [-0.3, -0.25) is 0 Å². The van der Waals surface area contributed by atoms with Gasteiger partial charge in [-0.1, -0.05) is 36.2 Å². The highest BCUT2D eigenvalue weighted by molar-refractivity contribution is 8.07. The second-order valence-corrected chi connectivity index (χ2v) is 7.72. The van der Waals surface area contributed by atoms with E-state index in [1.165, 1.54) is 5.75 Å². The van der Waals surface area contributed by atoms with Crippen LogP contribution in [-0.2, 0) is 0 Å². The highest BCUT2D eigenvalue weighted by Crippen LogP contribution is 2.41. The fourth-order valence-corrected chi connectivity index (χ4v) is 5.56. The van der Waals surface area contributed by atoms with Crippen LogP contribution in [-0.4, -0.2) is 27.1 Å². The first-order valence-electron chi connectivity index (χ1n) is 5.99. The molecule has 1 aliphatic rings. The molecule has 2 rings (SSSR count). The van der Waals surface area contributed by atoms with E-state index in [1.807, 2.05) is 29.6 Å². The van der Waals surface area contributed by atoms with Crippen molar-refractivity contribution in [3.63, 3.8) is 0 Å². The molecule has 5 heteroatoms. The summed E-state index contributed by atoms with van der Waals surface area (Å²) in [5, 5.41) is 12.3. The SMILES string of the molecule is CCC1SCCSC1C(O)c1ccc(Cl)c(Cl)c1. The van der Waals surface area contributed by atoms with E-state index in [0.717, 1.165) is 17.7 Å². The lowest BCUT2D eigenvalue weighted by molar-refractivity contribution is 0.172. The van der Waals surface area contributed by atoms with Gasteiger partial charge in [-0.25, -0.2) is 0 Å². The summed E-state index contributed by atoms with van der Waals surface area (Å²) in [7, 11) is 0. The molecule has 1 fully saturated rings. The predicted molar refractivity (Wildman–Crippen MR) is 84.2 cm³/mol. The molecule has 1 N–H and O–H groups in total. The van der Waals surface area contributed by atoms with Crippen molar-refractivity contribution < 1.29 is 5.11 Å². The highest BCUT2D eigenvalue weighted by atomic mass is 35.5. The van der Waals surface area contributed by atoms with Crippen LogP contribution in [0.5, 0.6) is 0 Å². The number of benzene rings is 1. The van der Waals surface area contributed by atoms with Crippen molar-refractivity contribution in [3.8, 4) is 0 Å². The Morgan fingerprint density at radius 1 is 1.28 bits per heavy atom. The molecule has 0 saturated carbocycles. The Kier molecular flexibility index (Phi) is 5.58. The lowest BCUT2D eigenvalue weighted by Crippen LogP contribution is -2.31. The van der Waals surface area contributed by atoms with Crippen molar-refractivity contribution in [1.82, 2.24) is 0 Å². The van der Waals surface area contributed by atoms with Gasteiger partial charge in [0.05, 0.1) is 16.1 Å². The van der Waals surface area contributed by atoms with E-state index in [4.69, 9.17) is 23.2 Å². The molecule has 0 aromatic heterocycles. The average molecular weight is 323 g/mol. The van der Waals surface area contributed by atoms with Gasteiger partial charge in [-0.15, -0.1) is 0 Å². The second-order valence-electron chi connectivity index (χ2n) is 4.27. The normalized spacial score (nSPS) is 26.0. The van der Waals surface area contributed by atoms with E-state index >= 15 is 0 Å². The molecule has 1 aliphatic heterocycles. The second kappa shape index (κ2) is 6.76. The van der Waals surface area contributed by atoms with E-state index in [0.29, 0.717) is 15.3 Å². The zero-order chi connectivity index (χ0) is 13.1. The summed E-state index contributed by atoms with van der Waals surface area (Å²) < 4.78 is 0. The fourth-order valence-electron chi connectivity index (χ4n) is 2.12. The lowest BCUT2D eigenvalue weighted by atomic mass is 10.0. The standard InChI is InChI=1S/C13H16Cl2OS2/c1-2-11-13(18-6-5-17-11)12(16)8-3-4-9(14)10(15)7-8/h3-4,7,11-13,16H,2,5-6H2,1H3. The fraction of sp³-hybridized carbons (Fsp3) is 0.538. The molecule has 18 heavy (non-hydrogen) atoms. The van der Waals surface area contributed by atoms with Crippen molar-refractivity contribution in [2.45, 2.75) is 29.9 Å². The number of aliphatic hydroxyl groups excluding tert-OH is 1. The van der Waals surface area contributed by atoms with Crippen LogP contribution in [0.2, 0.25) is 10.0 Å². The van der Waals surface area contributed by atoms with Crippen LogP contribution in [0.4, 0.5) is 0 Å². The van der Waals surface area contributed by atoms with Crippen LogP contribution < -0.4 is 0 Å². The molecule has 1 aromatic carbocycles. The van der Waals surface area contributed by atoms with Gasteiger partial charge in [0.2, 0.25) is 0 Å². The largest absolute Gasteiger partial charge is 0.387 e. The summed E-state index contributed by atoms with van der Waals surface area (Å²) in [6.45, 7) is 2.18. The Labute approximate surface area is 127 Å². The lowest BCUT2D eigenvalue weighted by Gasteiger charge is -2.33. The van der Waals surface area contributed by atoms with Crippen LogP contribution in [0.25, 0.3) is 0 Å². The maximum atomic E-state index is 10.5. The highest BCUT2D eigenvalue weighted by Gasteiger charge is 2.31. The molecule has 3 atom stereocenters. The number of rotatable bonds is 3. The maximum Gasteiger partial charge on any atom is 0.0919 e. The molecule has 1 nitrogen and oxygen atoms in total. The third kappa shape index (κ3) is 3.31. The Morgan fingerprint density at radius 2 is 2.00 bits per heavy atom. The topological polar surface area (TPSA) is 20.2 Å². The van der Waals surface area contributed by atoms with Gasteiger partial charge in [0, 0.05) is 22.0 Å². The minimum Gasteiger partial charge on any atom is -0.387 e. The Morgan fingerprint density at radius 3 is 2.67 bits per heavy atom. The Balaban J connectivity index is 2.18. The first-order chi connectivity index (χ1) is 8.63. The minimum absolute atomic E-state index is 0.242. The maximum absolute atomic E-state index is 10.5. The summed E-state index contributed by atoms with van der Waals surface area (Å²) in [4.78, 5) is 0. The molecule has 1 saturated heterocycles. The third-order valence-corrected chi connectivity index (χ3v) is 7.17. The predicted octanol–water partition coefficient (Wildman–Crippen LogP) is 4.65. The van der Waals surface area contributed by atoms with Crippen molar-refractivity contribution in [2.24, 2.45) is 0 Å². The van der Waals surface area contributed by atoms with Gasteiger partial charge in [0.1, 0.15) is 0 Å². The summed E-state index contributed by atoms with van der Waals surface area (Å²) in [6, 6.07) is 5.40. The molecular formula is C13H16Cl2OS2. The zero-order valence-electron chi connectivity index (χ0n) is 10.1. The summed E-state index contributed by atoms with van der Waals surface area (Å²) in [6.07, 6.45) is 0.614. The quantitative estimate of drug-likeness (QED) is 0.874. The van der Waals surface area contributed by atoms with Crippen LogP contribution in [0.15, 0.2) is 18.2 Å². The van der Waals surface area contributed by atoms with Gasteiger partial charge in [-0.2, -0.15) is 23.5 Å². The number of aliphatic hydroxyl groups is 1. The van der Waals surface area contributed by atoms with Gasteiger partial charge in [0.15, 0.2) is 0 Å². The molecule has 0 amide bonds. The zero-order valence-corrected chi connectivity index (χ0v) is 13.2. The summed E-state index contributed by atoms with van der Waals surface area (Å²) in [5.74, 6) is 2.28. The molecule has 3 unspecified atom stereocenters. The summed E-state index contributed by atoms with van der Waals surface area (Å²) >= 11 is 15.7.